The van der Waals surface area contributed by atoms with Crippen molar-refractivity contribution in [1.82, 2.24) is 10.2 Å². The van der Waals surface area contributed by atoms with E-state index in [0.717, 1.165) is 38.3 Å². The summed E-state index contributed by atoms with van der Waals surface area (Å²) < 4.78 is 0. The molecule has 0 radical (unpaired) electrons. The number of likely N-dealkylation sites (tertiary alicyclic amines) is 1. The third-order valence-electron chi connectivity index (χ3n) is 5.00. The van der Waals surface area contributed by atoms with E-state index in [-0.39, 0.29) is 0 Å². The zero-order valence-electron chi connectivity index (χ0n) is 12.7. The maximum absolute atomic E-state index is 12.7. The first-order valence-corrected chi connectivity index (χ1v) is 8.17. The maximum Gasteiger partial charge on any atom is 0.225 e. The molecule has 1 saturated carbocycles. The molecule has 1 aliphatic heterocycles. The summed E-state index contributed by atoms with van der Waals surface area (Å²) >= 11 is 0. The van der Waals surface area contributed by atoms with Crippen LogP contribution in [0.25, 0.3) is 0 Å². The third-order valence-corrected chi connectivity index (χ3v) is 5.00. The highest BCUT2D eigenvalue weighted by atomic mass is 16.2. The van der Waals surface area contributed by atoms with Gasteiger partial charge in [-0.05, 0) is 70.9 Å². The van der Waals surface area contributed by atoms with Gasteiger partial charge in [0.05, 0.1) is 0 Å². The predicted molar refractivity (Wildman–Crippen MR) is 79.0 cm³/mol. The number of nitrogens with one attached hydrogen (secondary N) is 1. The zero-order valence-corrected chi connectivity index (χ0v) is 12.7. The molecular formula is C16H30N2O. The Morgan fingerprint density at radius 3 is 2.58 bits per heavy atom. The number of carbonyl (C=O) groups is 1. The predicted octanol–water partition coefficient (Wildman–Crippen LogP) is 2.80. The van der Waals surface area contributed by atoms with Gasteiger partial charge in [-0.15, -0.1) is 0 Å². The van der Waals surface area contributed by atoms with Crippen LogP contribution in [0.5, 0.6) is 0 Å². The fourth-order valence-corrected chi connectivity index (χ4v) is 3.64. The highest BCUT2D eigenvalue weighted by Crippen LogP contribution is 2.31. The van der Waals surface area contributed by atoms with E-state index in [1.807, 2.05) is 7.05 Å². The first-order chi connectivity index (χ1) is 9.22. The molecule has 1 unspecified atom stereocenters. The second kappa shape index (κ2) is 7.28. The standard InChI is InChI=1S/C16H30N2O/c1-13-6-8-14(9-7-13)16(19)18-12-4-3-5-15(18)10-11-17-2/h13-15,17H,3-12H2,1-2H3. The van der Waals surface area contributed by atoms with E-state index in [4.69, 9.17) is 0 Å². The second-order valence-corrected chi connectivity index (χ2v) is 6.53. The molecule has 1 aliphatic carbocycles. The molecule has 2 aliphatic rings. The molecule has 0 aromatic rings. The molecule has 3 heteroatoms. The van der Waals surface area contributed by atoms with Crippen LogP contribution in [0.3, 0.4) is 0 Å². The zero-order chi connectivity index (χ0) is 13.7. The molecule has 19 heavy (non-hydrogen) atoms. The van der Waals surface area contributed by atoms with Crippen molar-refractivity contribution >= 4 is 5.91 Å². The Bertz CT molecular complexity index is 284. The number of amides is 1. The van der Waals surface area contributed by atoms with Gasteiger partial charge in [-0.1, -0.05) is 6.92 Å². The lowest BCUT2D eigenvalue weighted by Crippen LogP contribution is -2.47. The van der Waals surface area contributed by atoms with Crippen molar-refractivity contribution in [3.63, 3.8) is 0 Å². The van der Waals surface area contributed by atoms with Crippen LogP contribution in [0.1, 0.15) is 58.3 Å². The Hall–Kier alpha value is -0.570. The quantitative estimate of drug-likeness (QED) is 0.848. The molecule has 0 aromatic carbocycles. The van der Waals surface area contributed by atoms with Crippen molar-refractivity contribution in [3.05, 3.63) is 0 Å². The van der Waals surface area contributed by atoms with Crippen molar-refractivity contribution in [3.8, 4) is 0 Å². The molecule has 0 aromatic heterocycles. The molecular weight excluding hydrogens is 236 g/mol. The van der Waals surface area contributed by atoms with E-state index in [0.29, 0.717) is 17.9 Å². The minimum Gasteiger partial charge on any atom is -0.339 e. The van der Waals surface area contributed by atoms with Crippen molar-refractivity contribution < 1.29 is 4.79 Å². The monoisotopic (exact) mass is 266 g/mol. The number of nitrogens with zero attached hydrogens (tertiary/aromatic N) is 1. The molecule has 2 fully saturated rings. The number of carbonyl (C=O) groups excluding carboxylic acids is 1. The van der Waals surface area contributed by atoms with Gasteiger partial charge in [-0.25, -0.2) is 0 Å². The summed E-state index contributed by atoms with van der Waals surface area (Å²) in [7, 11) is 2.00. The lowest BCUT2D eigenvalue weighted by Gasteiger charge is -2.39. The van der Waals surface area contributed by atoms with Crippen LogP contribution in [-0.2, 0) is 4.79 Å². The minimum absolute atomic E-state index is 0.325. The smallest absolute Gasteiger partial charge is 0.225 e. The number of piperidine rings is 1. The van der Waals surface area contributed by atoms with Gasteiger partial charge in [0.15, 0.2) is 0 Å². The molecule has 1 amide bonds. The van der Waals surface area contributed by atoms with Crippen LogP contribution >= 0.6 is 0 Å². The largest absolute Gasteiger partial charge is 0.339 e. The van der Waals surface area contributed by atoms with E-state index < -0.39 is 0 Å². The maximum atomic E-state index is 12.7. The number of rotatable bonds is 4. The average Bonchev–Trinajstić information content (AvgIpc) is 2.45. The molecule has 3 nitrogen and oxygen atoms in total. The lowest BCUT2D eigenvalue weighted by atomic mass is 9.81. The summed E-state index contributed by atoms with van der Waals surface area (Å²) in [4.78, 5) is 15.0. The number of hydrogen-bond donors (Lipinski definition) is 1. The Labute approximate surface area is 118 Å². The van der Waals surface area contributed by atoms with E-state index >= 15 is 0 Å². The highest BCUT2D eigenvalue weighted by Gasteiger charge is 2.32. The van der Waals surface area contributed by atoms with Gasteiger partial charge < -0.3 is 10.2 Å². The van der Waals surface area contributed by atoms with Gasteiger partial charge in [0.2, 0.25) is 5.91 Å². The summed E-state index contributed by atoms with van der Waals surface area (Å²) in [5.41, 5.74) is 0. The van der Waals surface area contributed by atoms with Crippen LogP contribution in [0.4, 0.5) is 0 Å². The van der Waals surface area contributed by atoms with Crippen LogP contribution in [0.15, 0.2) is 0 Å². The second-order valence-electron chi connectivity index (χ2n) is 6.53. The van der Waals surface area contributed by atoms with Crippen LogP contribution in [-0.4, -0.2) is 37.0 Å². The van der Waals surface area contributed by atoms with Gasteiger partial charge in [-0.2, -0.15) is 0 Å². The molecule has 0 spiro atoms. The molecule has 2 rings (SSSR count). The average molecular weight is 266 g/mol. The van der Waals surface area contributed by atoms with E-state index in [9.17, 15) is 4.79 Å². The van der Waals surface area contributed by atoms with Gasteiger partial charge in [0.1, 0.15) is 0 Å². The van der Waals surface area contributed by atoms with Gasteiger partial charge in [0, 0.05) is 18.5 Å². The van der Waals surface area contributed by atoms with Crippen LogP contribution < -0.4 is 5.32 Å². The van der Waals surface area contributed by atoms with Gasteiger partial charge in [0.25, 0.3) is 0 Å². The summed E-state index contributed by atoms with van der Waals surface area (Å²) in [6.45, 7) is 4.34. The Balaban J connectivity index is 1.91. The molecule has 1 atom stereocenters. The summed E-state index contributed by atoms with van der Waals surface area (Å²) in [5, 5.41) is 3.22. The number of hydrogen-bond acceptors (Lipinski definition) is 2. The van der Waals surface area contributed by atoms with Gasteiger partial charge in [-0.3, -0.25) is 4.79 Å². The Morgan fingerprint density at radius 2 is 1.89 bits per heavy atom. The lowest BCUT2D eigenvalue weighted by molar-refractivity contribution is -0.140. The molecule has 1 saturated heterocycles. The fourth-order valence-electron chi connectivity index (χ4n) is 3.64. The van der Waals surface area contributed by atoms with Crippen molar-refractivity contribution in [1.29, 1.82) is 0 Å². The van der Waals surface area contributed by atoms with Crippen molar-refractivity contribution in [2.75, 3.05) is 20.1 Å². The molecule has 0 bridgehead atoms. The molecule has 110 valence electrons. The Kier molecular flexibility index (Phi) is 5.68. The van der Waals surface area contributed by atoms with E-state index in [1.165, 1.54) is 32.1 Å². The minimum atomic E-state index is 0.325. The topological polar surface area (TPSA) is 32.3 Å². The normalized spacial score (nSPS) is 32.3. The first kappa shape index (κ1) is 14.8. The summed E-state index contributed by atoms with van der Waals surface area (Å²) in [6, 6.07) is 0.494. The van der Waals surface area contributed by atoms with Crippen LogP contribution in [0, 0.1) is 11.8 Å². The highest BCUT2D eigenvalue weighted by molar-refractivity contribution is 5.79. The SMILES string of the molecule is CNCCC1CCCCN1C(=O)C1CCC(C)CC1. The van der Waals surface area contributed by atoms with Crippen molar-refractivity contribution in [2.45, 2.75) is 64.3 Å². The first-order valence-electron chi connectivity index (χ1n) is 8.17. The van der Waals surface area contributed by atoms with E-state index in [1.54, 1.807) is 0 Å². The molecule has 1 heterocycles. The fraction of sp³-hybridized carbons (Fsp3) is 0.938. The van der Waals surface area contributed by atoms with Crippen molar-refractivity contribution in [2.24, 2.45) is 11.8 Å². The van der Waals surface area contributed by atoms with E-state index in [2.05, 4.69) is 17.1 Å². The third kappa shape index (κ3) is 3.95. The Morgan fingerprint density at radius 1 is 1.16 bits per heavy atom. The molecule has 1 N–H and O–H groups in total. The van der Waals surface area contributed by atoms with Gasteiger partial charge >= 0.3 is 0 Å². The summed E-state index contributed by atoms with van der Waals surface area (Å²) in [6.07, 6.45) is 9.54. The summed E-state index contributed by atoms with van der Waals surface area (Å²) in [5.74, 6) is 1.62. The van der Waals surface area contributed by atoms with Crippen LogP contribution in [0.2, 0.25) is 0 Å².